The predicted molar refractivity (Wildman–Crippen MR) is 90.6 cm³/mol. The third-order valence-corrected chi connectivity index (χ3v) is 6.13. The van der Waals surface area contributed by atoms with Crippen LogP contribution in [0, 0.1) is 11.8 Å². The van der Waals surface area contributed by atoms with Gasteiger partial charge in [0.05, 0.1) is 10.9 Å². The molecule has 1 unspecified atom stereocenters. The SMILES string of the molecule is CC(c1ccc(S(C)(=O)=O)cc1)N(C)C(=O)[C@@H]1CCC[C@@H]1CN. The first-order valence-corrected chi connectivity index (χ1v) is 9.91. The largest absolute Gasteiger partial charge is 0.339 e. The summed E-state index contributed by atoms with van der Waals surface area (Å²) in [7, 11) is -1.39. The van der Waals surface area contributed by atoms with Crippen LogP contribution in [0.2, 0.25) is 0 Å². The van der Waals surface area contributed by atoms with E-state index in [1.54, 1.807) is 29.2 Å². The average molecular weight is 338 g/mol. The molecule has 0 spiro atoms. The van der Waals surface area contributed by atoms with Gasteiger partial charge in [-0.1, -0.05) is 18.6 Å². The molecule has 0 heterocycles. The molecule has 2 N–H and O–H groups in total. The highest BCUT2D eigenvalue weighted by molar-refractivity contribution is 7.90. The average Bonchev–Trinajstić information content (AvgIpc) is 3.00. The van der Waals surface area contributed by atoms with Crippen molar-refractivity contribution in [2.45, 2.75) is 37.1 Å². The molecule has 0 aromatic heterocycles. The molecule has 6 heteroatoms. The molecular weight excluding hydrogens is 312 g/mol. The lowest BCUT2D eigenvalue weighted by Crippen LogP contribution is -2.38. The van der Waals surface area contributed by atoms with Gasteiger partial charge in [-0.15, -0.1) is 0 Å². The molecule has 5 nitrogen and oxygen atoms in total. The van der Waals surface area contributed by atoms with E-state index in [0.29, 0.717) is 11.4 Å². The number of carbonyl (C=O) groups excluding carboxylic acids is 1. The molecule has 0 aliphatic heterocycles. The lowest BCUT2D eigenvalue weighted by molar-refractivity contribution is -0.137. The molecule has 1 saturated carbocycles. The van der Waals surface area contributed by atoms with E-state index < -0.39 is 9.84 Å². The zero-order valence-electron chi connectivity index (χ0n) is 14.0. The second-order valence-electron chi connectivity index (χ2n) is 6.50. The second-order valence-corrected chi connectivity index (χ2v) is 8.52. The maximum absolute atomic E-state index is 12.7. The summed E-state index contributed by atoms with van der Waals surface area (Å²) in [6.07, 6.45) is 4.18. The van der Waals surface area contributed by atoms with Crippen molar-refractivity contribution in [3.05, 3.63) is 29.8 Å². The molecule has 23 heavy (non-hydrogen) atoms. The van der Waals surface area contributed by atoms with E-state index in [4.69, 9.17) is 5.73 Å². The van der Waals surface area contributed by atoms with E-state index in [1.807, 2.05) is 14.0 Å². The monoisotopic (exact) mass is 338 g/mol. The molecule has 1 aromatic carbocycles. The van der Waals surface area contributed by atoms with Crippen LogP contribution in [0.5, 0.6) is 0 Å². The predicted octanol–water partition coefficient (Wildman–Crippen LogP) is 1.98. The summed E-state index contributed by atoms with van der Waals surface area (Å²) >= 11 is 0. The van der Waals surface area contributed by atoms with Crippen molar-refractivity contribution >= 4 is 15.7 Å². The zero-order valence-corrected chi connectivity index (χ0v) is 14.8. The highest BCUT2D eigenvalue weighted by atomic mass is 32.2. The first-order valence-electron chi connectivity index (χ1n) is 8.02. The zero-order chi connectivity index (χ0) is 17.2. The summed E-state index contributed by atoms with van der Waals surface area (Å²) in [4.78, 5) is 14.8. The Morgan fingerprint density at radius 3 is 2.43 bits per heavy atom. The van der Waals surface area contributed by atoms with Crippen molar-refractivity contribution < 1.29 is 13.2 Å². The van der Waals surface area contributed by atoms with Gasteiger partial charge in [-0.3, -0.25) is 4.79 Å². The maximum atomic E-state index is 12.7. The molecule has 3 atom stereocenters. The number of nitrogens with two attached hydrogens (primary N) is 1. The lowest BCUT2D eigenvalue weighted by Gasteiger charge is -2.30. The fourth-order valence-corrected chi connectivity index (χ4v) is 3.94. The summed E-state index contributed by atoms with van der Waals surface area (Å²) < 4.78 is 23.0. The highest BCUT2D eigenvalue weighted by Crippen LogP contribution is 2.34. The van der Waals surface area contributed by atoms with E-state index in [-0.39, 0.29) is 23.8 Å². The second kappa shape index (κ2) is 7.01. The fourth-order valence-electron chi connectivity index (χ4n) is 3.31. The quantitative estimate of drug-likeness (QED) is 0.890. The molecule has 128 valence electrons. The van der Waals surface area contributed by atoms with Gasteiger partial charge in [0.25, 0.3) is 0 Å². The number of sulfone groups is 1. The Morgan fingerprint density at radius 1 is 1.30 bits per heavy atom. The summed E-state index contributed by atoms with van der Waals surface area (Å²) in [5, 5.41) is 0. The van der Waals surface area contributed by atoms with Crippen LogP contribution in [0.25, 0.3) is 0 Å². The van der Waals surface area contributed by atoms with Crippen LogP contribution in [0.1, 0.15) is 37.8 Å². The van der Waals surface area contributed by atoms with Crippen molar-refractivity contribution in [2.75, 3.05) is 19.8 Å². The standard InChI is InChI=1S/C17H26N2O3S/c1-12(13-7-9-15(10-8-13)23(3,21)22)19(2)17(20)16-6-4-5-14(16)11-18/h7-10,12,14,16H,4-6,11,18H2,1-3H3/t12?,14-,16-/m1/s1. The Hall–Kier alpha value is -1.40. The van der Waals surface area contributed by atoms with Gasteiger partial charge in [0.15, 0.2) is 9.84 Å². The van der Waals surface area contributed by atoms with Gasteiger partial charge < -0.3 is 10.6 Å². The summed E-state index contributed by atoms with van der Waals surface area (Å²) in [6, 6.07) is 6.64. The van der Waals surface area contributed by atoms with Gasteiger partial charge in [-0.05, 0) is 49.9 Å². The van der Waals surface area contributed by atoms with E-state index in [0.717, 1.165) is 24.8 Å². The number of amides is 1. The fraction of sp³-hybridized carbons (Fsp3) is 0.588. The summed E-state index contributed by atoms with van der Waals surface area (Å²) in [6.45, 7) is 2.52. The van der Waals surface area contributed by atoms with Crippen LogP contribution in [0.15, 0.2) is 29.2 Å². The lowest BCUT2D eigenvalue weighted by atomic mass is 9.94. The number of hydrogen-bond acceptors (Lipinski definition) is 4. The molecule has 0 radical (unpaired) electrons. The Kier molecular flexibility index (Phi) is 5.47. The number of carbonyl (C=O) groups is 1. The first-order chi connectivity index (χ1) is 10.8. The molecule has 0 bridgehead atoms. The first kappa shape index (κ1) is 17.9. The van der Waals surface area contributed by atoms with Crippen molar-refractivity contribution in [2.24, 2.45) is 17.6 Å². The normalized spacial score (nSPS) is 22.8. The smallest absolute Gasteiger partial charge is 0.226 e. The topological polar surface area (TPSA) is 80.5 Å². The summed E-state index contributed by atoms with van der Waals surface area (Å²) in [5.41, 5.74) is 6.71. The molecule has 1 aromatic rings. The van der Waals surface area contributed by atoms with Crippen LogP contribution >= 0.6 is 0 Å². The van der Waals surface area contributed by atoms with Crippen LogP contribution in [0.4, 0.5) is 0 Å². The Balaban J connectivity index is 2.13. The number of rotatable bonds is 5. The van der Waals surface area contributed by atoms with Gasteiger partial charge in [0.1, 0.15) is 0 Å². The molecule has 1 aliphatic rings. The van der Waals surface area contributed by atoms with Gasteiger partial charge >= 0.3 is 0 Å². The third-order valence-electron chi connectivity index (χ3n) is 5.00. The van der Waals surface area contributed by atoms with Crippen LogP contribution < -0.4 is 5.73 Å². The number of hydrogen-bond donors (Lipinski definition) is 1. The summed E-state index contributed by atoms with van der Waals surface area (Å²) in [5.74, 6) is 0.435. The molecular formula is C17H26N2O3S. The van der Waals surface area contributed by atoms with Crippen LogP contribution in [-0.2, 0) is 14.6 Å². The van der Waals surface area contributed by atoms with E-state index in [1.165, 1.54) is 6.26 Å². The van der Waals surface area contributed by atoms with Crippen molar-refractivity contribution in [1.82, 2.24) is 4.90 Å². The van der Waals surface area contributed by atoms with E-state index in [2.05, 4.69) is 0 Å². The molecule has 1 aliphatic carbocycles. The minimum atomic E-state index is -3.20. The maximum Gasteiger partial charge on any atom is 0.226 e. The van der Waals surface area contributed by atoms with Gasteiger partial charge in [0, 0.05) is 19.2 Å². The van der Waals surface area contributed by atoms with Crippen LogP contribution in [0.3, 0.4) is 0 Å². The minimum absolute atomic E-state index is 0.0164. The van der Waals surface area contributed by atoms with E-state index in [9.17, 15) is 13.2 Å². The number of nitrogens with zero attached hydrogens (tertiary/aromatic N) is 1. The van der Waals surface area contributed by atoms with Gasteiger partial charge in [-0.2, -0.15) is 0 Å². The van der Waals surface area contributed by atoms with Crippen molar-refractivity contribution in [3.8, 4) is 0 Å². The highest BCUT2D eigenvalue weighted by Gasteiger charge is 2.35. The van der Waals surface area contributed by atoms with Gasteiger partial charge in [0.2, 0.25) is 5.91 Å². The van der Waals surface area contributed by atoms with E-state index >= 15 is 0 Å². The third kappa shape index (κ3) is 3.93. The van der Waals surface area contributed by atoms with Gasteiger partial charge in [-0.25, -0.2) is 8.42 Å². The number of benzene rings is 1. The molecule has 0 saturated heterocycles. The Bertz CT molecular complexity index is 655. The minimum Gasteiger partial charge on any atom is -0.339 e. The Morgan fingerprint density at radius 2 is 1.91 bits per heavy atom. The Labute approximate surface area is 138 Å². The van der Waals surface area contributed by atoms with Crippen molar-refractivity contribution in [3.63, 3.8) is 0 Å². The molecule has 2 rings (SSSR count). The van der Waals surface area contributed by atoms with Crippen LogP contribution in [-0.4, -0.2) is 39.1 Å². The molecule has 1 amide bonds. The molecule has 1 fully saturated rings. The van der Waals surface area contributed by atoms with Crippen molar-refractivity contribution in [1.29, 1.82) is 0 Å².